The van der Waals surface area contributed by atoms with Crippen LogP contribution in [0.15, 0.2) is 66.7 Å². The third kappa shape index (κ3) is 1.68. The van der Waals surface area contributed by atoms with Crippen molar-refractivity contribution < 1.29 is 8.83 Å². The van der Waals surface area contributed by atoms with Crippen molar-refractivity contribution >= 4 is 53.8 Å². The van der Waals surface area contributed by atoms with Crippen LogP contribution in [0.3, 0.4) is 0 Å². The molecule has 2 heterocycles. The maximum atomic E-state index is 5.80. The Labute approximate surface area is 131 Å². The molecule has 2 nitrogen and oxygen atoms in total. The first-order chi connectivity index (χ1) is 9.75. The Kier molecular flexibility index (Phi) is 2.75. The van der Waals surface area contributed by atoms with Gasteiger partial charge in [-0.1, -0.05) is 40.2 Å². The Balaban J connectivity index is 2.15. The van der Waals surface area contributed by atoms with Crippen LogP contribution in [0.25, 0.3) is 33.1 Å². The van der Waals surface area contributed by atoms with Crippen molar-refractivity contribution in [3.05, 3.63) is 57.9 Å². The molecule has 0 aliphatic carbocycles. The fourth-order valence-corrected chi connectivity index (χ4v) is 3.62. The van der Waals surface area contributed by atoms with E-state index in [9.17, 15) is 0 Å². The molecule has 2 aromatic carbocycles. The van der Waals surface area contributed by atoms with Crippen LogP contribution in [0.2, 0.25) is 0 Å². The summed E-state index contributed by atoms with van der Waals surface area (Å²) in [6, 6.07) is 13.9. The summed E-state index contributed by atoms with van der Waals surface area (Å²) in [5.74, 6) is 0. The van der Waals surface area contributed by atoms with Gasteiger partial charge in [-0.2, -0.15) is 0 Å². The van der Waals surface area contributed by atoms with Gasteiger partial charge in [0.05, 0.1) is 6.26 Å². The molecule has 0 atom stereocenters. The van der Waals surface area contributed by atoms with Crippen LogP contribution in [0.5, 0.6) is 0 Å². The minimum atomic E-state index is 0.714. The monoisotopic (exact) mass is 390 g/mol. The molecule has 0 spiro atoms. The predicted molar refractivity (Wildman–Crippen MR) is 86.8 cm³/mol. The summed E-state index contributed by atoms with van der Waals surface area (Å²) in [6.45, 7) is 0. The van der Waals surface area contributed by atoms with Gasteiger partial charge in [-0.05, 0) is 34.1 Å². The SMILES string of the molecule is Brc1oc2cccc(Br)c2c1-c1coc2ccccc12. The summed E-state index contributed by atoms with van der Waals surface area (Å²) in [7, 11) is 0. The largest absolute Gasteiger partial charge is 0.464 e. The Hall–Kier alpha value is -1.52. The molecule has 0 amide bonds. The fourth-order valence-electron chi connectivity index (χ4n) is 2.49. The van der Waals surface area contributed by atoms with Gasteiger partial charge in [0.25, 0.3) is 0 Å². The molecule has 4 aromatic rings. The minimum Gasteiger partial charge on any atom is -0.464 e. The zero-order valence-corrected chi connectivity index (χ0v) is 13.4. The van der Waals surface area contributed by atoms with Gasteiger partial charge in [-0.15, -0.1) is 0 Å². The van der Waals surface area contributed by atoms with Gasteiger partial charge in [0.2, 0.25) is 0 Å². The lowest BCUT2D eigenvalue weighted by Crippen LogP contribution is -1.76. The number of furan rings is 2. The van der Waals surface area contributed by atoms with E-state index in [0.717, 1.165) is 37.5 Å². The number of hydrogen-bond acceptors (Lipinski definition) is 2. The van der Waals surface area contributed by atoms with Crippen molar-refractivity contribution in [3.63, 3.8) is 0 Å². The highest BCUT2D eigenvalue weighted by atomic mass is 79.9. The number of halogens is 2. The van der Waals surface area contributed by atoms with E-state index in [2.05, 4.69) is 37.9 Å². The van der Waals surface area contributed by atoms with Crippen LogP contribution in [-0.4, -0.2) is 0 Å². The van der Waals surface area contributed by atoms with Crippen LogP contribution < -0.4 is 0 Å². The van der Waals surface area contributed by atoms with E-state index < -0.39 is 0 Å². The Morgan fingerprint density at radius 2 is 1.65 bits per heavy atom. The molecule has 0 aliphatic rings. The molecule has 0 saturated carbocycles. The Bertz CT molecular complexity index is 934. The van der Waals surface area contributed by atoms with E-state index in [1.165, 1.54) is 0 Å². The van der Waals surface area contributed by atoms with Crippen LogP contribution in [0, 0.1) is 0 Å². The van der Waals surface area contributed by atoms with Gasteiger partial charge >= 0.3 is 0 Å². The predicted octanol–water partition coefficient (Wildman–Crippen LogP) is 6.37. The summed E-state index contributed by atoms with van der Waals surface area (Å²) < 4.78 is 13.2. The topological polar surface area (TPSA) is 26.3 Å². The summed E-state index contributed by atoms with van der Waals surface area (Å²) in [5, 5.41) is 2.12. The van der Waals surface area contributed by atoms with E-state index >= 15 is 0 Å². The molecule has 20 heavy (non-hydrogen) atoms. The number of benzene rings is 2. The molecule has 0 fully saturated rings. The van der Waals surface area contributed by atoms with Crippen molar-refractivity contribution in [1.29, 1.82) is 0 Å². The minimum absolute atomic E-state index is 0.714. The average Bonchev–Trinajstić information content (AvgIpc) is 3.00. The van der Waals surface area contributed by atoms with Gasteiger partial charge in [0.15, 0.2) is 4.67 Å². The molecule has 98 valence electrons. The molecule has 0 saturated heterocycles. The van der Waals surface area contributed by atoms with E-state index in [-0.39, 0.29) is 0 Å². The second-order valence-electron chi connectivity index (χ2n) is 4.51. The van der Waals surface area contributed by atoms with Gasteiger partial charge in [-0.25, -0.2) is 0 Å². The van der Waals surface area contributed by atoms with Gasteiger partial charge in [0.1, 0.15) is 11.2 Å². The quantitative estimate of drug-likeness (QED) is 0.376. The molecule has 4 rings (SSSR count). The van der Waals surface area contributed by atoms with E-state index in [1.807, 2.05) is 36.4 Å². The molecule has 4 heteroatoms. The lowest BCUT2D eigenvalue weighted by Gasteiger charge is -1.98. The Morgan fingerprint density at radius 3 is 2.55 bits per heavy atom. The number of hydrogen-bond donors (Lipinski definition) is 0. The van der Waals surface area contributed by atoms with Crippen LogP contribution >= 0.6 is 31.9 Å². The number of fused-ring (bicyclic) bond motifs is 2. The van der Waals surface area contributed by atoms with Gasteiger partial charge in [-0.3, -0.25) is 0 Å². The average molecular weight is 392 g/mol. The molecular weight excluding hydrogens is 384 g/mol. The lowest BCUT2D eigenvalue weighted by molar-refractivity contribution is 0.588. The maximum Gasteiger partial charge on any atom is 0.178 e. The zero-order valence-electron chi connectivity index (χ0n) is 10.2. The van der Waals surface area contributed by atoms with Crippen LogP contribution in [0.4, 0.5) is 0 Å². The molecule has 0 radical (unpaired) electrons. The first kappa shape index (κ1) is 12.2. The van der Waals surface area contributed by atoms with Crippen LogP contribution in [-0.2, 0) is 0 Å². The highest BCUT2D eigenvalue weighted by Crippen LogP contribution is 2.44. The molecule has 0 unspecified atom stereocenters. The third-order valence-corrected chi connectivity index (χ3v) is 4.59. The second kappa shape index (κ2) is 4.50. The van der Waals surface area contributed by atoms with Crippen molar-refractivity contribution in [2.75, 3.05) is 0 Å². The third-order valence-electron chi connectivity index (χ3n) is 3.37. The number of para-hydroxylation sites is 1. The highest BCUT2D eigenvalue weighted by molar-refractivity contribution is 9.11. The summed E-state index contributed by atoms with van der Waals surface area (Å²) in [5.41, 5.74) is 3.75. The zero-order chi connectivity index (χ0) is 13.7. The van der Waals surface area contributed by atoms with E-state index in [4.69, 9.17) is 8.83 Å². The van der Waals surface area contributed by atoms with Crippen LogP contribution in [0.1, 0.15) is 0 Å². The molecule has 2 aromatic heterocycles. The first-order valence-corrected chi connectivity index (χ1v) is 7.67. The normalized spacial score (nSPS) is 11.5. The smallest absolute Gasteiger partial charge is 0.178 e. The van der Waals surface area contributed by atoms with Crippen molar-refractivity contribution in [3.8, 4) is 11.1 Å². The second-order valence-corrected chi connectivity index (χ2v) is 6.08. The number of rotatable bonds is 1. The molecule has 0 aliphatic heterocycles. The highest BCUT2D eigenvalue weighted by Gasteiger charge is 2.19. The maximum absolute atomic E-state index is 5.80. The van der Waals surface area contributed by atoms with Crippen molar-refractivity contribution in [2.24, 2.45) is 0 Å². The van der Waals surface area contributed by atoms with Crippen molar-refractivity contribution in [1.82, 2.24) is 0 Å². The van der Waals surface area contributed by atoms with E-state index in [1.54, 1.807) is 6.26 Å². The fraction of sp³-hybridized carbons (Fsp3) is 0. The summed E-state index contributed by atoms with van der Waals surface area (Å²) in [4.78, 5) is 0. The van der Waals surface area contributed by atoms with E-state index in [0.29, 0.717) is 4.67 Å². The molecule has 0 bridgehead atoms. The van der Waals surface area contributed by atoms with Crippen molar-refractivity contribution in [2.45, 2.75) is 0 Å². The molecule has 0 N–H and O–H groups in total. The first-order valence-electron chi connectivity index (χ1n) is 6.09. The summed E-state index contributed by atoms with van der Waals surface area (Å²) >= 11 is 7.12. The standard InChI is InChI=1S/C16H8Br2O2/c17-11-5-3-7-13-15(11)14(16(18)20-13)10-8-19-12-6-2-1-4-9(10)12/h1-8H. The summed E-state index contributed by atoms with van der Waals surface area (Å²) in [6.07, 6.45) is 1.78. The molecular formula is C16H8Br2O2. The van der Waals surface area contributed by atoms with Gasteiger partial charge < -0.3 is 8.83 Å². The lowest BCUT2D eigenvalue weighted by atomic mass is 10.0. The van der Waals surface area contributed by atoms with Gasteiger partial charge in [0, 0.05) is 26.4 Å². The Morgan fingerprint density at radius 1 is 0.850 bits per heavy atom.